The maximum absolute atomic E-state index is 13.3. The van der Waals surface area contributed by atoms with E-state index in [1.807, 2.05) is 6.92 Å². The van der Waals surface area contributed by atoms with Crippen molar-refractivity contribution < 1.29 is 4.39 Å². The Labute approximate surface area is 92.8 Å². The van der Waals surface area contributed by atoms with Gasteiger partial charge in [0.1, 0.15) is 5.82 Å². The SMILES string of the molecule is CC(CN)SCc1ccc(Cl)cc1F. The summed E-state index contributed by atoms with van der Waals surface area (Å²) >= 11 is 7.28. The summed E-state index contributed by atoms with van der Waals surface area (Å²) in [5.74, 6) is 0.399. The molecule has 1 nitrogen and oxygen atoms in total. The van der Waals surface area contributed by atoms with E-state index in [9.17, 15) is 4.39 Å². The van der Waals surface area contributed by atoms with Crippen LogP contribution in [0, 0.1) is 5.82 Å². The lowest BCUT2D eigenvalue weighted by atomic mass is 10.2. The molecule has 0 aliphatic rings. The number of benzene rings is 1. The van der Waals surface area contributed by atoms with Crippen molar-refractivity contribution in [2.45, 2.75) is 17.9 Å². The zero-order valence-electron chi connectivity index (χ0n) is 7.97. The third-order valence-corrected chi connectivity index (χ3v) is 3.34. The molecule has 2 N–H and O–H groups in total. The van der Waals surface area contributed by atoms with Crippen LogP contribution < -0.4 is 5.73 Å². The van der Waals surface area contributed by atoms with Gasteiger partial charge in [-0.15, -0.1) is 0 Å². The molecule has 0 amide bonds. The molecule has 1 unspecified atom stereocenters. The Morgan fingerprint density at radius 3 is 2.86 bits per heavy atom. The first-order chi connectivity index (χ1) is 6.63. The van der Waals surface area contributed by atoms with Crippen LogP contribution in [0.5, 0.6) is 0 Å². The smallest absolute Gasteiger partial charge is 0.128 e. The van der Waals surface area contributed by atoms with E-state index in [-0.39, 0.29) is 5.82 Å². The largest absolute Gasteiger partial charge is 0.329 e. The zero-order valence-corrected chi connectivity index (χ0v) is 9.54. The van der Waals surface area contributed by atoms with Crippen LogP contribution in [0.2, 0.25) is 5.02 Å². The number of hydrogen-bond acceptors (Lipinski definition) is 2. The van der Waals surface area contributed by atoms with Gasteiger partial charge in [0.15, 0.2) is 0 Å². The van der Waals surface area contributed by atoms with E-state index in [0.717, 1.165) is 0 Å². The van der Waals surface area contributed by atoms with Crippen LogP contribution in [0.4, 0.5) is 4.39 Å². The Balaban J connectivity index is 2.59. The van der Waals surface area contributed by atoms with Gasteiger partial charge in [-0.3, -0.25) is 0 Å². The molecule has 0 aliphatic heterocycles. The fourth-order valence-corrected chi connectivity index (χ4v) is 1.93. The number of hydrogen-bond donors (Lipinski definition) is 1. The third-order valence-electron chi connectivity index (χ3n) is 1.87. The van der Waals surface area contributed by atoms with E-state index < -0.39 is 0 Å². The first-order valence-electron chi connectivity index (χ1n) is 4.39. The maximum atomic E-state index is 13.3. The van der Waals surface area contributed by atoms with Gasteiger partial charge in [0.2, 0.25) is 0 Å². The van der Waals surface area contributed by atoms with E-state index in [1.165, 1.54) is 6.07 Å². The molecular formula is C10H13ClFNS. The van der Waals surface area contributed by atoms with Gasteiger partial charge in [-0.25, -0.2) is 4.39 Å². The molecule has 1 atom stereocenters. The minimum absolute atomic E-state index is 0.241. The van der Waals surface area contributed by atoms with Gasteiger partial charge in [0.05, 0.1) is 0 Å². The summed E-state index contributed by atoms with van der Waals surface area (Å²) in [6.07, 6.45) is 0. The minimum atomic E-state index is -0.241. The van der Waals surface area contributed by atoms with Crippen LogP contribution in [0.1, 0.15) is 12.5 Å². The first kappa shape index (κ1) is 11.8. The highest BCUT2D eigenvalue weighted by molar-refractivity contribution is 7.99. The van der Waals surface area contributed by atoms with Gasteiger partial charge in [0.25, 0.3) is 0 Å². The van der Waals surface area contributed by atoms with E-state index in [4.69, 9.17) is 17.3 Å². The molecule has 0 saturated carbocycles. The normalized spacial score (nSPS) is 12.9. The molecule has 0 radical (unpaired) electrons. The predicted octanol–water partition coefficient (Wildman–Crippen LogP) is 3.06. The summed E-state index contributed by atoms with van der Waals surface area (Å²) in [4.78, 5) is 0. The highest BCUT2D eigenvalue weighted by Crippen LogP contribution is 2.21. The van der Waals surface area contributed by atoms with Gasteiger partial charge in [-0.1, -0.05) is 24.6 Å². The molecule has 0 saturated heterocycles. The predicted molar refractivity (Wildman–Crippen MR) is 61.2 cm³/mol. The van der Waals surface area contributed by atoms with Crippen molar-refractivity contribution in [3.05, 3.63) is 34.6 Å². The second-order valence-corrected chi connectivity index (χ2v) is 4.96. The number of rotatable bonds is 4. The summed E-state index contributed by atoms with van der Waals surface area (Å²) in [6, 6.07) is 4.76. The van der Waals surface area contributed by atoms with Crippen molar-refractivity contribution >= 4 is 23.4 Å². The average Bonchev–Trinajstić information content (AvgIpc) is 2.16. The van der Waals surface area contributed by atoms with Crippen LogP contribution in [0.3, 0.4) is 0 Å². The number of thioether (sulfide) groups is 1. The zero-order chi connectivity index (χ0) is 10.6. The average molecular weight is 234 g/mol. The van der Waals surface area contributed by atoms with Crippen LogP contribution in [0.25, 0.3) is 0 Å². The van der Waals surface area contributed by atoms with Crippen LogP contribution in [0.15, 0.2) is 18.2 Å². The van der Waals surface area contributed by atoms with Gasteiger partial charge in [-0.05, 0) is 17.7 Å². The Morgan fingerprint density at radius 2 is 2.29 bits per heavy atom. The highest BCUT2D eigenvalue weighted by atomic mass is 35.5. The molecule has 0 heterocycles. The fourth-order valence-electron chi connectivity index (χ4n) is 0.939. The van der Waals surface area contributed by atoms with E-state index in [1.54, 1.807) is 23.9 Å². The highest BCUT2D eigenvalue weighted by Gasteiger charge is 2.05. The first-order valence-corrected chi connectivity index (χ1v) is 5.81. The van der Waals surface area contributed by atoms with Crippen molar-refractivity contribution in [2.75, 3.05) is 6.54 Å². The number of halogens is 2. The van der Waals surface area contributed by atoms with Gasteiger partial charge in [0, 0.05) is 22.6 Å². The molecule has 78 valence electrons. The quantitative estimate of drug-likeness (QED) is 0.865. The molecule has 1 rings (SSSR count). The summed E-state index contributed by atoms with van der Waals surface area (Å²) in [5.41, 5.74) is 6.14. The summed E-state index contributed by atoms with van der Waals surface area (Å²) in [5, 5.41) is 0.785. The lowest BCUT2D eigenvalue weighted by Crippen LogP contribution is -2.12. The lowest BCUT2D eigenvalue weighted by molar-refractivity contribution is 0.617. The van der Waals surface area contributed by atoms with Crippen molar-refractivity contribution in [3.8, 4) is 0 Å². The van der Waals surface area contributed by atoms with E-state index in [2.05, 4.69) is 0 Å². The van der Waals surface area contributed by atoms with E-state index in [0.29, 0.717) is 28.1 Å². The third kappa shape index (κ3) is 3.48. The standard InChI is InChI=1S/C10H13ClFNS/c1-7(5-13)14-6-8-2-3-9(11)4-10(8)12/h2-4,7H,5-6,13H2,1H3. The second kappa shape index (κ2) is 5.59. The van der Waals surface area contributed by atoms with Crippen molar-refractivity contribution in [1.29, 1.82) is 0 Å². The Bertz CT molecular complexity index is 306. The van der Waals surface area contributed by atoms with Crippen LogP contribution >= 0.6 is 23.4 Å². The monoisotopic (exact) mass is 233 g/mol. The van der Waals surface area contributed by atoms with Gasteiger partial charge >= 0.3 is 0 Å². The molecule has 4 heteroatoms. The molecule has 0 aliphatic carbocycles. The minimum Gasteiger partial charge on any atom is -0.329 e. The van der Waals surface area contributed by atoms with Crippen molar-refractivity contribution in [2.24, 2.45) is 5.73 Å². The summed E-state index contributed by atoms with van der Waals surface area (Å²) in [7, 11) is 0. The molecule has 0 spiro atoms. The molecule has 0 aromatic heterocycles. The molecule has 14 heavy (non-hydrogen) atoms. The second-order valence-electron chi connectivity index (χ2n) is 3.09. The molecular weight excluding hydrogens is 221 g/mol. The summed E-state index contributed by atoms with van der Waals surface area (Å²) < 4.78 is 13.3. The molecule has 1 aromatic carbocycles. The molecule has 1 aromatic rings. The Morgan fingerprint density at radius 1 is 1.57 bits per heavy atom. The number of nitrogens with two attached hydrogens (primary N) is 1. The molecule has 0 fully saturated rings. The summed E-state index contributed by atoms with van der Waals surface area (Å²) in [6.45, 7) is 2.64. The maximum Gasteiger partial charge on any atom is 0.128 e. The Hall–Kier alpha value is -0.250. The van der Waals surface area contributed by atoms with Gasteiger partial charge in [-0.2, -0.15) is 11.8 Å². The topological polar surface area (TPSA) is 26.0 Å². The van der Waals surface area contributed by atoms with E-state index >= 15 is 0 Å². The van der Waals surface area contributed by atoms with Gasteiger partial charge < -0.3 is 5.73 Å². The molecule has 0 bridgehead atoms. The van der Waals surface area contributed by atoms with Crippen LogP contribution in [-0.4, -0.2) is 11.8 Å². The lowest BCUT2D eigenvalue weighted by Gasteiger charge is -2.08. The fraction of sp³-hybridized carbons (Fsp3) is 0.400. The van der Waals surface area contributed by atoms with Crippen molar-refractivity contribution in [3.63, 3.8) is 0 Å². The Kier molecular flexibility index (Phi) is 4.72. The van der Waals surface area contributed by atoms with Crippen LogP contribution in [-0.2, 0) is 5.75 Å². The van der Waals surface area contributed by atoms with Crippen molar-refractivity contribution in [1.82, 2.24) is 0 Å².